The Morgan fingerprint density at radius 1 is 1.37 bits per heavy atom. The molecule has 1 heterocycles. The lowest BCUT2D eigenvalue weighted by atomic mass is 10.1. The van der Waals surface area contributed by atoms with Crippen molar-refractivity contribution < 1.29 is 4.92 Å². The van der Waals surface area contributed by atoms with Crippen molar-refractivity contribution in [3.8, 4) is 0 Å². The number of hydrogen-bond donors (Lipinski definition) is 1. The van der Waals surface area contributed by atoms with E-state index < -0.39 is 0 Å². The molecular formula is C14H21N3O2. The van der Waals surface area contributed by atoms with E-state index in [1.165, 1.54) is 32.0 Å². The summed E-state index contributed by atoms with van der Waals surface area (Å²) in [7, 11) is 0. The number of nitrogens with one attached hydrogen (secondary N) is 1. The molecule has 5 nitrogen and oxygen atoms in total. The molecule has 0 aromatic heterocycles. The number of para-hydroxylation sites is 2. The van der Waals surface area contributed by atoms with Gasteiger partial charge in [-0.15, -0.1) is 0 Å². The summed E-state index contributed by atoms with van der Waals surface area (Å²) in [5, 5.41) is 14.1. The minimum absolute atomic E-state index is 0.149. The molecule has 0 bridgehead atoms. The molecule has 1 fully saturated rings. The van der Waals surface area contributed by atoms with Gasteiger partial charge in [-0.25, -0.2) is 0 Å². The van der Waals surface area contributed by atoms with Gasteiger partial charge in [0, 0.05) is 19.2 Å². The van der Waals surface area contributed by atoms with E-state index in [-0.39, 0.29) is 10.6 Å². The average molecular weight is 263 g/mol. The Hall–Kier alpha value is -1.62. The third kappa shape index (κ3) is 3.92. The Balaban J connectivity index is 1.85. The fourth-order valence-corrected chi connectivity index (χ4v) is 2.54. The van der Waals surface area contributed by atoms with Crippen LogP contribution in [-0.4, -0.2) is 36.0 Å². The topological polar surface area (TPSA) is 58.4 Å². The first-order valence-electron chi connectivity index (χ1n) is 6.86. The Morgan fingerprint density at radius 2 is 2.05 bits per heavy atom. The average Bonchev–Trinajstić information content (AvgIpc) is 2.89. The largest absolute Gasteiger partial charge is 0.379 e. The molecule has 0 radical (unpaired) electrons. The van der Waals surface area contributed by atoms with Crippen LogP contribution in [-0.2, 0) is 0 Å². The maximum absolute atomic E-state index is 10.9. The van der Waals surface area contributed by atoms with E-state index in [0.717, 1.165) is 13.1 Å². The normalized spacial score (nSPS) is 17.3. The van der Waals surface area contributed by atoms with E-state index in [1.54, 1.807) is 12.1 Å². The van der Waals surface area contributed by atoms with Crippen LogP contribution in [0, 0.1) is 16.0 Å². The van der Waals surface area contributed by atoms with Crippen molar-refractivity contribution in [2.75, 3.05) is 31.5 Å². The number of nitro benzene ring substituents is 1. The van der Waals surface area contributed by atoms with Gasteiger partial charge in [0.05, 0.1) is 4.92 Å². The van der Waals surface area contributed by atoms with Crippen LogP contribution in [0.3, 0.4) is 0 Å². The number of likely N-dealkylation sites (tertiary alicyclic amines) is 1. The van der Waals surface area contributed by atoms with E-state index in [9.17, 15) is 10.1 Å². The van der Waals surface area contributed by atoms with Crippen molar-refractivity contribution in [3.05, 3.63) is 34.4 Å². The van der Waals surface area contributed by atoms with E-state index in [1.807, 2.05) is 6.07 Å². The lowest BCUT2D eigenvalue weighted by Gasteiger charge is -2.20. The number of nitrogens with zero attached hydrogens (tertiary/aromatic N) is 2. The molecule has 1 saturated heterocycles. The van der Waals surface area contributed by atoms with Crippen LogP contribution in [0.1, 0.15) is 19.8 Å². The molecule has 1 aromatic rings. The van der Waals surface area contributed by atoms with Gasteiger partial charge in [0.2, 0.25) is 0 Å². The van der Waals surface area contributed by atoms with Gasteiger partial charge in [-0.1, -0.05) is 19.1 Å². The summed E-state index contributed by atoms with van der Waals surface area (Å²) in [5.74, 6) is 0.484. The predicted molar refractivity (Wildman–Crippen MR) is 76.4 cm³/mol. The van der Waals surface area contributed by atoms with Gasteiger partial charge in [-0.2, -0.15) is 0 Å². The van der Waals surface area contributed by atoms with Crippen molar-refractivity contribution in [3.63, 3.8) is 0 Å². The van der Waals surface area contributed by atoms with Crippen LogP contribution >= 0.6 is 0 Å². The molecule has 0 amide bonds. The zero-order valence-electron chi connectivity index (χ0n) is 11.3. The molecule has 104 valence electrons. The molecule has 1 aliphatic rings. The SMILES string of the molecule is CC(CNc1ccccc1[N+](=O)[O-])CN1CCCC1. The first kappa shape index (κ1) is 13.8. The standard InChI is InChI=1S/C14H21N3O2/c1-12(11-16-8-4-5-9-16)10-15-13-6-2-3-7-14(13)17(18)19/h2-3,6-7,12,15H,4-5,8-11H2,1H3. The van der Waals surface area contributed by atoms with Gasteiger partial charge in [-0.3, -0.25) is 10.1 Å². The second kappa shape index (κ2) is 6.52. The van der Waals surface area contributed by atoms with Crippen LogP contribution in [0.25, 0.3) is 0 Å². The number of rotatable bonds is 6. The van der Waals surface area contributed by atoms with Gasteiger partial charge in [0.1, 0.15) is 5.69 Å². The van der Waals surface area contributed by atoms with E-state index in [4.69, 9.17) is 0 Å². The highest BCUT2D eigenvalue weighted by atomic mass is 16.6. The molecule has 2 rings (SSSR count). The van der Waals surface area contributed by atoms with Crippen LogP contribution < -0.4 is 5.32 Å². The van der Waals surface area contributed by atoms with Crippen LogP contribution in [0.2, 0.25) is 0 Å². The highest BCUT2D eigenvalue weighted by molar-refractivity contribution is 5.61. The maximum Gasteiger partial charge on any atom is 0.292 e. The van der Waals surface area contributed by atoms with Gasteiger partial charge in [-0.05, 0) is 37.9 Å². The van der Waals surface area contributed by atoms with E-state index in [2.05, 4.69) is 17.1 Å². The van der Waals surface area contributed by atoms with Crippen molar-refractivity contribution in [2.24, 2.45) is 5.92 Å². The Kier molecular flexibility index (Phi) is 4.74. The number of hydrogen-bond acceptors (Lipinski definition) is 4. The summed E-state index contributed by atoms with van der Waals surface area (Å²) >= 11 is 0. The quantitative estimate of drug-likeness (QED) is 0.633. The summed E-state index contributed by atoms with van der Waals surface area (Å²) in [4.78, 5) is 13.0. The molecule has 1 unspecified atom stereocenters. The maximum atomic E-state index is 10.9. The zero-order valence-corrected chi connectivity index (χ0v) is 11.3. The van der Waals surface area contributed by atoms with E-state index >= 15 is 0 Å². The van der Waals surface area contributed by atoms with Crippen molar-refractivity contribution in [1.29, 1.82) is 0 Å². The highest BCUT2D eigenvalue weighted by Crippen LogP contribution is 2.23. The smallest absolute Gasteiger partial charge is 0.292 e. The lowest BCUT2D eigenvalue weighted by Crippen LogP contribution is -2.28. The zero-order chi connectivity index (χ0) is 13.7. The van der Waals surface area contributed by atoms with Crippen LogP contribution in [0.15, 0.2) is 24.3 Å². The Labute approximate surface area is 113 Å². The van der Waals surface area contributed by atoms with Crippen molar-refractivity contribution in [2.45, 2.75) is 19.8 Å². The van der Waals surface area contributed by atoms with Crippen LogP contribution in [0.5, 0.6) is 0 Å². The summed E-state index contributed by atoms with van der Waals surface area (Å²) in [5.41, 5.74) is 0.761. The fraction of sp³-hybridized carbons (Fsp3) is 0.571. The van der Waals surface area contributed by atoms with Gasteiger partial charge < -0.3 is 10.2 Å². The molecule has 1 N–H and O–H groups in total. The minimum atomic E-state index is -0.340. The first-order valence-corrected chi connectivity index (χ1v) is 6.86. The molecule has 0 saturated carbocycles. The molecule has 19 heavy (non-hydrogen) atoms. The summed E-state index contributed by atoms with van der Waals surface area (Å²) in [6.07, 6.45) is 2.59. The molecule has 0 aliphatic carbocycles. The summed E-state index contributed by atoms with van der Waals surface area (Å²) in [6.45, 7) is 6.39. The lowest BCUT2D eigenvalue weighted by molar-refractivity contribution is -0.384. The second-order valence-electron chi connectivity index (χ2n) is 5.27. The first-order chi connectivity index (χ1) is 9.16. The highest BCUT2D eigenvalue weighted by Gasteiger charge is 2.16. The molecule has 1 aliphatic heterocycles. The second-order valence-corrected chi connectivity index (χ2v) is 5.27. The fourth-order valence-electron chi connectivity index (χ4n) is 2.54. The number of nitro groups is 1. The van der Waals surface area contributed by atoms with Gasteiger partial charge in [0.15, 0.2) is 0 Å². The number of anilines is 1. The molecular weight excluding hydrogens is 242 g/mol. The van der Waals surface area contributed by atoms with Crippen molar-refractivity contribution in [1.82, 2.24) is 4.90 Å². The molecule has 0 spiro atoms. The van der Waals surface area contributed by atoms with Crippen LogP contribution in [0.4, 0.5) is 11.4 Å². The molecule has 1 aromatic carbocycles. The summed E-state index contributed by atoms with van der Waals surface area (Å²) in [6, 6.07) is 6.81. The molecule has 1 atom stereocenters. The Bertz CT molecular complexity index is 430. The van der Waals surface area contributed by atoms with E-state index in [0.29, 0.717) is 11.6 Å². The monoisotopic (exact) mass is 263 g/mol. The van der Waals surface area contributed by atoms with Gasteiger partial charge in [0.25, 0.3) is 5.69 Å². The van der Waals surface area contributed by atoms with Crippen molar-refractivity contribution >= 4 is 11.4 Å². The molecule has 5 heteroatoms. The Morgan fingerprint density at radius 3 is 2.74 bits per heavy atom. The predicted octanol–water partition coefficient (Wildman–Crippen LogP) is 2.74. The third-order valence-corrected chi connectivity index (χ3v) is 3.51. The third-order valence-electron chi connectivity index (χ3n) is 3.51. The number of benzene rings is 1. The minimum Gasteiger partial charge on any atom is -0.379 e. The van der Waals surface area contributed by atoms with Gasteiger partial charge >= 0.3 is 0 Å². The summed E-state index contributed by atoms with van der Waals surface area (Å²) < 4.78 is 0.